The zero-order valence-electron chi connectivity index (χ0n) is 15.5. The molecule has 0 unspecified atom stereocenters. The van der Waals surface area contributed by atoms with Crippen LogP contribution in [0.4, 0.5) is 0 Å². The van der Waals surface area contributed by atoms with Crippen molar-refractivity contribution in [2.45, 2.75) is 9.79 Å². The normalized spacial score (nSPS) is 11.6. The van der Waals surface area contributed by atoms with Crippen molar-refractivity contribution in [3.63, 3.8) is 0 Å². The molecule has 0 spiro atoms. The number of para-hydroxylation sites is 2. The van der Waals surface area contributed by atoms with Crippen molar-refractivity contribution in [1.29, 1.82) is 0 Å². The molecule has 0 bridgehead atoms. The van der Waals surface area contributed by atoms with Crippen molar-refractivity contribution >= 4 is 55.4 Å². The minimum Gasteiger partial charge on any atom is -0.248 e. The molecule has 6 rings (SSSR count). The molecule has 0 N–H and O–H groups in total. The molecule has 0 atom stereocenters. The zero-order valence-corrected chi connectivity index (χ0v) is 16.4. The van der Waals surface area contributed by atoms with Gasteiger partial charge in [-0.05, 0) is 48.5 Å². The summed E-state index contributed by atoms with van der Waals surface area (Å²) in [5, 5.41) is 4.70. The van der Waals surface area contributed by atoms with E-state index < -0.39 is 0 Å². The van der Waals surface area contributed by atoms with Gasteiger partial charge in [-0.25, -0.2) is 9.97 Å². The van der Waals surface area contributed by atoms with Gasteiger partial charge in [0.1, 0.15) is 0 Å². The van der Waals surface area contributed by atoms with Crippen LogP contribution in [0.3, 0.4) is 0 Å². The van der Waals surface area contributed by atoms with Gasteiger partial charge in [0.2, 0.25) is 0 Å². The fraction of sp³-hybridized carbons (Fsp3) is 0. The molecule has 3 heteroatoms. The summed E-state index contributed by atoms with van der Waals surface area (Å²) < 4.78 is 0. The molecule has 136 valence electrons. The van der Waals surface area contributed by atoms with E-state index in [4.69, 9.17) is 9.97 Å². The van der Waals surface area contributed by atoms with Gasteiger partial charge in [0.25, 0.3) is 0 Å². The summed E-state index contributed by atoms with van der Waals surface area (Å²) in [6, 6.07) is 33.8. The van der Waals surface area contributed by atoms with Gasteiger partial charge in [-0.2, -0.15) is 0 Å². The molecule has 0 aliphatic rings. The van der Waals surface area contributed by atoms with Gasteiger partial charge in [0.15, 0.2) is 0 Å². The first-order valence-corrected chi connectivity index (χ1v) is 10.4. The Morgan fingerprint density at radius 3 is 1.41 bits per heavy atom. The van der Waals surface area contributed by atoms with Gasteiger partial charge in [0.05, 0.1) is 22.1 Å². The van der Waals surface area contributed by atoms with Crippen molar-refractivity contribution in [2.24, 2.45) is 0 Å². The van der Waals surface area contributed by atoms with Crippen molar-refractivity contribution in [3.8, 4) is 0 Å². The van der Waals surface area contributed by atoms with Crippen LogP contribution in [0.25, 0.3) is 43.6 Å². The maximum absolute atomic E-state index is 4.86. The summed E-state index contributed by atoms with van der Waals surface area (Å²) in [4.78, 5) is 12.1. The number of rotatable bonds is 2. The lowest BCUT2D eigenvalue weighted by Gasteiger charge is -2.10. The van der Waals surface area contributed by atoms with Gasteiger partial charge in [0, 0.05) is 31.3 Å². The first-order valence-electron chi connectivity index (χ1n) is 9.60. The molecule has 29 heavy (non-hydrogen) atoms. The predicted molar refractivity (Wildman–Crippen MR) is 123 cm³/mol. The molecule has 2 aromatic heterocycles. The molecule has 0 saturated heterocycles. The van der Waals surface area contributed by atoms with Crippen LogP contribution < -0.4 is 0 Å². The Kier molecular flexibility index (Phi) is 3.74. The van der Waals surface area contributed by atoms with Crippen LogP contribution in [0.2, 0.25) is 0 Å². The van der Waals surface area contributed by atoms with Gasteiger partial charge in [-0.3, -0.25) is 0 Å². The Labute approximate surface area is 172 Å². The molecule has 0 saturated carbocycles. The van der Waals surface area contributed by atoms with Crippen LogP contribution in [0.5, 0.6) is 0 Å². The SMILES string of the molecule is c1ccc2nc3cccc(Sc4cccc5nc6ccccc6cc45)c3cc2c1. The Balaban J connectivity index is 1.55. The molecular weight excluding hydrogens is 372 g/mol. The Hall–Kier alpha value is -3.43. The smallest absolute Gasteiger partial charge is 0.0721 e. The second kappa shape index (κ2) is 6.57. The third kappa shape index (κ3) is 2.82. The van der Waals surface area contributed by atoms with E-state index in [-0.39, 0.29) is 0 Å². The largest absolute Gasteiger partial charge is 0.248 e. The fourth-order valence-corrected chi connectivity index (χ4v) is 4.92. The topological polar surface area (TPSA) is 25.8 Å². The van der Waals surface area contributed by atoms with E-state index in [9.17, 15) is 0 Å². The molecular formula is C26H16N2S. The highest BCUT2D eigenvalue weighted by Gasteiger charge is 2.10. The predicted octanol–water partition coefficient (Wildman–Crippen LogP) is 7.24. The monoisotopic (exact) mass is 388 g/mol. The van der Waals surface area contributed by atoms with Gasteiger partial charge < -0.3 is 0 Å². The standard InChI is InChI=1S/C26H16N2S/c1-3-9-21-17(7-1)15-19-23(27-21)11-5-13-25(19)29-26-14-6-12-24-20(26)16-18-8-2-4-10-22(18)28-24/h1-16H. The Morgan fingerprint density at radius 1 is 0.448 bits per heavy atom. The second-order valence-corrected chi connectivity index (χ2v) is 8.19. The Bertz CT molecular complexity index is 1420. The number of fused-ring (bicyclic) bond motifs is 4. The summed E-state index contributed by atoms with van der Waals surface area (Å²) in [6.07, 6.45) is 0. The van der Waals surface area contributed by atoms with Crippen molar-refractivity contribution in [1.82, 2.24) is 9.97 Å². The summed E-state index contributed by atoms with van der Waals surface area (Å²) in [7, 11) is 0. The number of hydrogen-bond acceptors (Lipinski definition) is 3. The number of pyridine rings is 2. The van der Waals surface area contributed by atoms with Gasteiger partial charge in [-0.15, -0.1) is 0 Å². The molecule has 4 aromatic carbocycles. The highest BCUT2D eigenvalue weighted by Crippen LogP contribution is 2.38. The molecule has 6 aromatic rings. The number of aromatic nitrogens is 2. The molecule has 0 aliphatic heterocycles. The minimum atomic E-state index is 1.03. The lowest BCUT2D eigenvalue weighted by molar-refractivity contribution is 1.42. The summed E-state index contributed by atoms with van der Waals surface area (Å²) in [6.45, 7) is 0. The molecule has 2 nitrogen and oxygen atoms in total. The van der Waals surface area contributed by atoms with Crippen LogP contribution in [0, 0.1) is 0 Å². The van der Waals surface area contributed by atoms with Crippen molar-refractivity contribution in [3.05, 3.63) is 97.1 Å². The van der Waals surface area contributed by atoms with E-state index in [0.717, 1.165) is 22.1 Å². The van der Waals surface area contributed by atoms with E-state index in [1.165, 1.54) is 31.3 Å². The van der Waals surface area contributed by atoms with Crippen LogP contribution in [0.1, 0.15) is 0 Å². The number of nitrogens with zero attached hydrogens (tertiary/aromatic N) is 2. The summed E-state index contributed by atoms with van der Waals surface area (Å²) in [5.41, 5.74) is 4.11. The second-order valence-electron chi connectivity index (χ2n) is 7.11. The lowest BCUT2D eigenvalue weighted by Crippen LogP contribution is -1.87. The molecule has 0 fully saturated rings. The number of benzene rings is 4. The van der Waals surface area contributed by atoms with Crippen LogP contribution in [0.15, 0.2) is 107 Å². The molecule has 0 radical (unpaired) electrons. The van der Waals surface area contributed by atoms with Crippen LogP contribution >= 0.6 is 11.8 Å². The molecule has 0 amide bonds. The third-order valence-electron chi connectivity index (χ3n) is 5.26. The quantitative estimate of drug-likeness (QED) is 0.292. The van der Waals surface area contributed by atoms with E-state index in [1.54, 1.807) is 11.8 Å². The molecule has 0 aliphatic carbocycles. The van der Waals surface area contributed by atoms with Crippen LogP contribution in [-0.2, 0) is 0 Å². The summed E-state index contributed by atoms with van der Waals surface area (Å²) >= 11 is 1.78. The minimum absolute atomic E-state index is 1.03. The van der Waals surface area contributed by atoms with E-state index in [0.29, 0.717) is 0 Å². The average molecular weight is 388 g/mol. The molecule has 2 heterocycles. The summed E-state index contributed by atoms with van der Waals surface area (Å²) in [5.74, 6) is 0. The maximum atomic E-state index is 4.86. The highest BCUT2D eigenvalue weighted by atomic mass is 32.2. The Morgan fingerprint density at radius 2 is 0.897 bits per heavy atom. The van der Waals surface area contributed by atoms with E-state index in [1.807, 2.05) is 12.1 Å². The zero-order chi connectivity index (χ0) is 19.2. The van der Waals surface area contributed by atoms with E-state index >= 15 is 0 Å². The maximum Gasteiger partial charge on any atom is 0.0721 e. The third-order valence-corrected chi connectivity index (χ3v) is 6.41. The van der Waals surface area contributed by atoms with E-state index in [2.05, 4.69) is 84.9 Å². The van der Waals surface area contributed by atoms with Gasteiger partial charge >= 0.3 is 0 Å². The highest BCUT2D eigenvalue weighted by molar-refractivity contribution is 7.99. The lowest BCUT2D eigenvalue weighted by atomic mass is 10.1. The van der Waals surface area contributed by atoms with Crippen molar-refractivity contribution < 1.29 is 0 Å². The fourth-order valence-electron chi connectivity index (χ4n) is 3.84. The average Bonchev–Trinajstić information content (AvgIpc) is 2.77. The first-order chi connectivity index (χ1) is 14.3. The number of hydrogen-bond donors (Lipinski definition) is 0. The van der Waals surface area contributed by atoms with Gasteiger partial charge in [-0.1, -0.05) is 60.3 Å². The van der Waals surface area contributed by atoms with Crippen molar-refractivity contribution in [2.75, 3.05) is 0 Å². The van der Waals surface area contributed by atoms with Crippen LogP contribution in [-0.4, -0.2) is 9.97 Å². The first kappa shape index (κ1) is 16.5.